The molecule has 3 heteroatoms. The van der Waals surface area contributed by atoms with Crippen LogP contribution in [0.25, 0.3) is 21.7 Å². The molecule has 3 aromatic carbocycles. The molecule has 0 aliphatic carbocycles. The predicted octanol–water partition coefficient (Wildman–Crippen LogP) is 5.70. The molecule has 0 aliphatic rings. The van der Waals surface area contributed by atoms with Crippen LogP contribution in [0.2, 0.25) is 5.02 Å². The van der Waals surface area contributed by atoms with Crippen molar-refractivity contribution in [1.82, 2.24) is 4.98 Å². The third-order valence-corrected chi connectivity index (χ3v) is 4.57. The molecule has 4 aromatic rings. The largest absolute Gasteiger partial charge is 0.384 e. The SMILES string of the molecule is Clc1cccc2c(NCCc3ccc4ccccc4c3)ccnc12. The average Bonchev–Trinajstić information content (AvgIpc) is 2.62. The Hall–Kier alpha value is -2.58. The van der Waals surface area contributed by atoms with Crippen molar-refractivity contribution < 1.29 is 0 Å². The minimum absolute atomic E-state index is 0.686. The van der Waals surface area contributed by atoms with Crippen LogP contribution in [-0.4, -0.2) is 11.5 Å². The minimum Gasteiger partial charge on any atom is -0.384 e. The zero-order chi connectivity index (χ0) is 16.4. The Morgan fingerprint density at radius 2 is 1.75 bits per heavy atom. The van der Waals surface area contributed by atoms with Gasteiger partial charge >= 0.3 is 0 Å². The number of anilines is 1. The van der Waals surface area contributed by atoms with Crippen molar-refractivity contribution >= 4 is 39.0 Å². The van der Waals surface area contributed by atoms with E-state index in [-0.39, 0.29) is 0 Å². The van der Waals surface area contributed by atoms with Crippen molar-refractivity contribution in [1.29, 1.82) is 0 Å². The van der Waals surface area contributed by atoms with Crippen LogP contribution < -0.4 is 5.32 Å². The van der Waals surface area contributed by atoms with E-state index in [2.05, 4.69) is 52.8 Å². The van der Waals surface area contributed by atoms with E-state index in [1.807, 2.05) is 24.3 Å². The summed E-state index contributed by atoms with van der Waals surface area (Å²) in [5, 5.41) is 7.83. The Morgan fingerprint density at radius 1 is 0.875 bits per heavy atom. The molecule has 0 spiro atoms. The third-order valence-electron chi connectivity index (χ3n) is 4.26. The van der Waals surface area contributed by atoms with Crippen LogP contribution in [0, 0.1) is 0 Å². The molecule has 2 nitrogen and oxygen atoms in total. The van der Waals surface area contributed by atoms with Gasteiger partial charge in [0.05, 0.1) is 10.5 Å². The van der Waals surface area contributed by atoms with Crippen molar-refractivity contribution in [2.75, 3.05) is 11.9 Å². The van der Waals surface area contributed by atoms with Crippen molar-refractivity contribution in [3.63, 3.8) is 0 Å². The van der Waals surface area contributed by atoms with E-state index in [1.165, 1.54) is 16.3 Å². The Balaban J connectivity index is 1.52. The first-order valence-corrected chi connectivity index (χ1v) is 8.44. The summed E-state index contributed by atoms with van der Waals surface area (Å²) in [7, 11) is 0. The molecule has 0 saturated carbocycles. The van der Waals surface area contributed by atoms with Gasteiger partial charge in [-0.25, -0.2) is 0 Å². The van der Waals surface area contributed by atoms with Gasteiger partial charge in [0.25, 0.3) is 0 Å². The van der Waals surface area contributed by atoms with Gasteiger partial charge in [0.15, 0.2) is 0 Å². The van der Waals surface area contributed by atoms with Gasteiger partial charge in [-0.2, -0.15) is 0 Å². The first-order chi connectivity index (χ1) is 11.8. The number of aromatic nitrogens is 1. The maximum atomic E-state index is 6.22. The molecule has 24 heavy (non-hydrogen) atoms. The standard InChI is InChI=1S/C21H17ClN2/c22-19-7-3-6-18-20(11-13-24-21(18)19)23-12-10-15-8-9-16-4-1-2-5-17(16)14-15/h1-9,11,13-14H,10,12H2,(H,23,24). The number of benzene rings is 3. The number of rotatable bonds is 4. The number of para-hydroxylation sites is 1. The number of nitrogens with one attached hydrogen (secondary N) is 1. The van der Waals surface area contributed by atoms with Gasteiger partial charge in [-0.15, -0.1) is 0 Å². The van der Waals surface area contributed by atoms with E-state index in [4.69, 9.17) is 11.6 Å². The molecule has 4 rings (SSSR count). The smallest absolute Gasteiger partial charge is 0.0908 e. The van der Waals surface area contributed by atoms with Crippen LogP contribution in [0.15, 0.2) is 72.9 Å². The van der Waals surface area contributed by atoms with E-state index >= 15 is 0 Å². The maximum absolute atomic E-state index is 6.22. The second-order valence-corrected chi connectivity index (χ2v) is 6.26. The molecule has 0 fully saturated rings. The van der Waals surface area contributed by atoms with E-state index < -0.39 is 0 Å². The summed E-state index contributed by atoms with van der Waals surface area (Å²) in [6.07, 6.45) is 2.77. The van der Waals surface area contributed by atoms with Crippen LogP contribution in [0.4, 0.5) is 5.69 Å². The van der Waals surface area contributed by atoms with Crippen LogP contribution in [0.5, 0.6) is 0 Å². The summed E-state index contributed by atoms with van der Waals surface area (Å²) in [5.74, 6) is 0. The number of nitrogens with zero attached hydrogens (tertiary/aromatic N) is 1. The maximum Gasteiger partial charge on any atom is 0.0908 e. The summed E-state index contributed by atoms with van der Waals surface area (Å²) in [6, 6.07) is 23.0. The van der Waals surface area contributed by atoms with E-state index in [9.17, 15) is 0 Å². The number of fused-ring (bicyclic) bond motifs is 2. The second-order valence-electron chi connectivity index (χ2n) is 5.85. The van der Waals surface area contributed by atoms with Crippen LogP contribution in [-0.2, 0) is 6.42 Å². The average molecular weight is 333 g/mol. The Morgan fingerprint density at radius 3 is 2.67 bits per heavy atom. The first kappa shape index (κ1) is 15.0. The molecule has 0 bridgehead atoms. The molecule has 0 radical (unpaired) electrons. The van der Waals surface area contributed by atoms with Crippen molar-refractivity contribution in [3.8, 4) is 0 Å². The zero-order valence-electron chi connectivity index (χ0n) is 13.2. The number of hydrogen-bond acceptors (Lipinski definition) is 2. The fraction of sp³-hybridized carbons (Fsp3) is 0.0952. The molecular weight excluding hydrogens is 316 g/mol. The van der Waals surface area contributed by atoms with Crippen molar-refractivity contribution in [3.05, 3.63) is 83.5 Å². The van der Waals surface area contributed by atoms with Gasteiger partial charge in [0.1, 0.15) is 0 Å². The first-order valence-electron chi connectivity index (χ1n) is 8.06. The van der Waals surface area contributed by atoms with Crippen LogP contribution in [0.1, 0.15) is 5.56 Å². The Labute approximate surface area is 146 Å². The normalized spacial score (nSPS) is 11.0. The van der Waals surface area contributed by atoms with E-state index in [0.29, 0.717) is 5.02 Å². The molecule has 0 unspecified atom stereocenters. The fourth-order valence-corrected chi connectivity index (χ4v) is 3.25. The fourth-order valence-electron chi connectivity index (χ4n) is 3.03. The van der Waals surface area contributed by atoms with Gasteiger partial charge in [0.2, 0.25) is 0 Å². The predicted molar refractivity (Wildman–Crippen MR) is 103 cm³/mol. The lowest BCUT2D eigenvalue weighted by Gasteiger charge is -2.10. The Kier molecular flexibility index (Phi) is 4.06. The minimum atomic E-state index is 0.686. The summed E-state index contributed by atoms with van der Waals surface area (Å²) in [5.41, 5.74) is 3.25. The highest BCUT2D eigenvalue weighted by atomic mass is 35.5. The van der Waals surface area contributed by atoms with Gasteiger partial charge in [-0.05, 0) is 34.9 Å². The summed E-state index contributed by atoms with van der Waals surface area (Å²) in [6.45, 7) is 0.865. The molecule has 118 valence electrons. The van der Waals surface area contributed by atoms with Gasteiger partial charge in [-0.1, -0.05) is 66.2 Å². The van der Waals surface area contributed by atoms with Crippen LogP contribution >= 0.6 is 11.6 Å². The summed E-state index contributed by atoms with van der Waals surface area (Å²) in [4.78, 5) is 4.37. The van der Waals surface area contributed by atoms with Gasteiger partial charge < -0.3 is 5.32 Å². The van der Waals surface area contributed by atoms with Gasteiger partial charge in [0, 0.05) is 23.8 Å². The highest BCUT2D eigenvalue weighted by molar-refractivity contribution is 6.35. The molecule has 0 saturated heterocycles. The lowest BCUT2D eigenvalue weighted by atomic mass is 10.1. The van der Waals surface area contributed by atoms with Crippen molar-refractivity contribution in [2.45, 2.75) is 6.42 Å². The zero-order valence-corrected chi connectivity index (χ0v) is 13.9. The number of pyridine rings is 1. The molecule has 0 amide bonds. The van der Waals surface area contributed by atoms with Crippen molar-refractivity contribution in [2.24, 2.45) is 0 Å². The van der Waals surface area contributed by atoms with Gasteiger partial charge in [-0.3, -0.25) is 4.98 Å². The molecule has 0 atom stereocenters. The molecular formula is C21H17ClN2. The molecule has 1 heterocycles. The topological polar surface area (TPSA) is 24.9 Å². The quantitative estimate of drug-likeness (QED) is 0.519. The highest BCUT2D eigenvalue weighted by Gasteiger charge is 2.04. The van der Waals surface area contributed by atoms with E-state index in [1.54, 1.807) is 6.20 Å². The van der Waals surface area contributed by atoms with Crippen LogP contribution in [0.3, 0.4) is 0 Å². The van der Waals surface area contributed by atoms with E-state index in [0.717, 1.165) is 29.6 Å². The third kappa shape index (κ3) is 2.93. The second kappa shape index (κ2) is 6.50. The molecule has 0 aliphatic heterocycles. The number of halogens is 1. The molecule has 1 aromatic heterocycles. The highest BCUT2D eigenvalue weighted by Crippen LogP contribution is 2.27. The summed E-state index contributed by atoms with van der Waals surface area (Å²) < 4.78 is 0. The lowest BCUT2D eigenvalue weighted by Crippen LogP contribution is -2.05. The molecule has 1 N–H and O–H groups in total. The lowest BCUT2D eigenvalue weighted by molar-refractivity contribution is 1.02. The monoisotopic (exact) mass is 332 g/mol. The summed E-state index contributed by atoms with van der Waals surface area (Å²) >= 11 is 6.22. The Bertz CT molecular complexity index is 1010. The number of hydrogen-bond donors (Lipinski definition) is 1.